The zero-order valence-corrected chi connectivity index (χ0v) is 27.1. The highest BCUT2D eigenvalue weighted by Crippen LogP contribution is 2.25. The van der Waals surface area contributed by atoms with E-state index in [1.165, 1.54) is 9.80 Å². The van der Waals surface area contributed by atoms with E-state index >= 15 is 0 Å². The summed E-state index contributed by atoms with van der Waals surface area (Å²) in [7, 11) is 1.54. The molecule has 8 nitrogen and oxygen atoms in total. The normalized spacial score (nSPS) is 18.4. The Hall–Kier alpha value is -3.59. The van der Waals surface area contributed by atoms with Gasteiger partial charge in [-0.1, -0.05) is 84.5 Å². The molecule has 0 spiro atoms. The van der Waals surface area contributed by atoms with Crippen LogP contribution in [0.3, 0.4) is 0 Å². The zero-order chi connectivity index (χ0) is 32.0. The van der Waals surface area contributed by atoms with E-state index in [2.05, 4.69) is 10.6 Å². The number of para-hydroxylation sites is 1. The van der Waals surface area contributed by atoms with Crippen molar-refractivity contribution < 1.29 is 19.2 Å². The zero-order valence-electron chi connectivity index (χ0n) is 24.8. The van der Waals surface area contributed by atoms with Crippen LogP contribution in [0.1, 0.15) is 42.0 Å². The number of halogens is 3. The lowest BCUT2D eigenvalue weighted by Gasteiger charge is -2.32. The van der Waals surface area contributed by atoms with Crippen LogP contribution in [0.5, 0.6) is 0 Å². The van der Waals surface area contributed by atoms with Crippen molar-refractivity contribution in [1.29, 1.82) is 0 Å². The highest BCUT2D eigenvalue weighted by atomic mass is 35.5. The smallest absolute Gasteiger partial charge is 0.247 e. The van der Waals surface area contributed by atoms with Crippen LogP contribution in [0.2, 0.25) is 15.1 Å². The lowest BCUT2D eigenvalue weighted by atomic mass is 10.0. The first kappa shape index (κ1) is 33.3. The lowest BCUT2D eigenvalue weighted by molar-refractivity contribution is -0.144. The van der Waals surface area contributed by atoms with E-state index in [0.717, 1.165) is 11.1 Å². The van der Waals surface area contributed by atoms with Crippen LogP contribution in [0.4, 0.5) is 5.69 Å². The number of fused-ring (bicyclic) bond motifs is 1. The fourth-order valence-corrected chi connectivity index (χ4v) is 5.60. The summed E-state index contributed by atoms with van der Waals surface area (Å²) in [5.41, 5.74) is 3.35. The standard InChI is InChI=1S/C33H35Cl3N4O4/c1-4-7-29-33(44)38-28(16-21-12-13-24(34)26(36)14-21)32(43)37-27-9-6-5-8-23(27)17-30(41)40(19-31(42)39(29)3)18-22-11-10-20(2)25(35)15-22/h5-6,8-15,28-29H,4,7,16-19H2,1-3H3,(H,37,43)(H,38,44)/t28-,29-/m0/s1. The van der Waals surface area contributed by atoms with E-state index in [1.54, 1.807) is 55.6 Å². The number of carbonyl (C=O) groups excluding carboxylic acids is 4. The van der Waals surface area contributed by atoms with Crippen molar-refractivity contribution in [2.45, 2.75) is 58.2 Å². The summed E-state index contributed by atoms with van der Waals surface area (Å²) in [6.45, 7) is 3.69. The van der Waals surface area contributed by atoms with E-state index in [1.807, 2.05) is 26.0 Å². The van der Waals surface area contributed by atoms with Gasteiger partial charge in [0.15, 0.2) is 0 Å². The summed E-state index contributed by atoms with van der Waals surface area (Å²) in [6, 6.07) is 15.6. The van der Waals surface area contributed by atoms with E-state index in [-0.39, 0.29) is 31.8 Å². The largest absolute Gasteiger partial charge is 0.342 e. The molecule has 11 heteroatoms. The maximum atomic E-state index is 13.8. The molecule has 4 amide bonds. The van der Waals surface area contributed by atoms with Crippen molar-refractivity contribution >= 4 is 64.1 Å². The maximum absolute atomic E-state index is 13.8. The van der Waals surface area contributed by atoms with Crippen molar-refractivity contribution in [2.75, 3.05) is 18.9 Å². The van der Waals surface area contributed by atoms with Gasteiger partial charge >= 0.3 is 0 Å². The molecule has 232 valence electrons. The van der Waals surface area contributed by atoms with Gasteiger partial charge in [0.25, 0.3) is 0 Å². The average molecular weight is 658 g/mol. The molecule has 1 aliphatic rings. The third kappa shape index (κ3) is 8.31. The van der Waals surface area contributed by atoms with E-state index in [0.29, 0.717) is 44.7 Å². The number of nitrogens with zero attached hydrogens (tertiary/aromatic N) is 2. The topological polar surface area (TPSA) is 98.8 Å². The minimum absolute atomic E-state index is 0.0603. The number of anilines is 1. The van der Waals surface area contributed by atoms with Gasteiger partial charge in [0, 0.05) is 30.7 Å². The Bertz CT molecular complexity index is 1560. The maximum Gasteiger partial charge on any atom is 0.247 e. The molecule has 2 N–H and O–H groups in total. The monoisotopic (exact) mass is 656 g/mol. The van der Waals surface area contributed by atoms with Crippen LogP contribution < -0.4 is 10.6 Å². The molecule has 0 unspecified atom stereocenters. The minimum Gasteiger partial charge on any atom is -0.342 e. The van der Waals surface area contributed by atoms with E-state index < -0.39 is 29.8 Å². The number of nitrogens with one attached hydrogen (secondary N) is 2. The molecular formula is C33H35Cl3N4O4. The van der Waals surface area contributed by atoms with Crippen LogP contribution in [0, 0.1) is 6.92 Å². The van der Waals surface area contributed by atoms with E-state index in [9.17, 15) is 19.2 Å². The Morgan fingerprint density at radius 2 is 1.55 bits per heavy atom. The number of benzene rings is 3. The molecule has 0 aromatic heterocycles. The van der Waals surface area contributed by atoms with Crippen molar-refractivity contribution in [3.05, 3.63) is 98.0 Å². The summed E-state index contributed by atoms with van der Waals surface area (Å²) in [5, 5.41) is 7.05. The fraction of sp³-hybridized carbons (Fsp3) is 0.333. The molecule has 0 aliphatic carbocycles. The number of likely N-dealkylation sites (N-methyl/N-ethyl adjacent to an activating group) is 1. The van der Waals surface area contributed by atoms with Crippen LogP contribution in [0.25, 0.3) is 0 Å². The van der Waals surface area contributed by atoms with Gasteiger partial charge in [-0.2, -0.15) is 0 Å². The number of amides is 4. The second-order valence-electron chi connectivity index (χ2n) is 11.0. The summed E-state index contributed by atoms with van der Waals surface area (Å²) < 4.78 is 0. The van der Waals surface area contributed by atoms with Gasteiger partial charge in [0.05, 0.1) is 16.5 Å². The van der Waals surface area contributed by atoms with Gasteiger partial charge in [-0.25, -0.2) is 0 Å². The van der Waals surface area contributed by atoms with Crippen LogP contribution in [-0.4, -0.2) is 59.1 Å². The third-order valence-electron chi connectivity index (χ3n) is 7.69. The van der Waals surface area contributed by atoms with Gasteiger partial charge in [-0.3, -0.25) is 19.2 Å². The van der Waals surface area contributed by atoms with Gasteiger partial charge in [-0.05, 0) is 59.9 Å². The van der Waals surface area contributed by atoms with Crippen molar-refractivity contribution in [2.24, 2.45) is 0 Å². The highest BCUT2D eigenvalue weighted by molar-refractivity contribution is 6.42. The predicted octanol–water partition coefficient (Wildman–Crippen LogP) is 5.83. The molecule has 0 radical (unpaired) electrons. The van der Waals surface area contributed by atoms with Gasteiger partial charge in [0.2, 0.25) is 23.6 Å². The molecule has 0 fully saturated rings. The number of hydrogen-bond donors (Lipinski definition) is 2. The molecule has 1 aliphatic heterocycles. The average Bonchev–Trinajstić information content (AvgIpc) is 2.98. The Balaban J connectivity index is 1.73. The number of aryl methyl sites for hydroxylation is 1. The lowest BCUT2D eigenvalue weighted by Crippen LogP contribution is -2.55. The van der Waals surface area contributed by atoms with E-state index in [4.69, 9.17) is 34.8 Å². The van der Waals surface area contributed by atoms with Crippen molar-refractivity contribution in [3.63, 3.8) is 0 Å². The Kier molecular flexibility index (Phi) is 11.3. The first-order chi connectivity index (χ1) is 21.0. The Labute approximate surface area is 272 Å². The molecule has 2 atom stereocenters. The second-order valence-corrected chi connectivity index (χ2v) is 12.2. The predicted molar refractivity (Wildman–Crippen MR) is 174 cm³/mol. The number of carbonyl (C=O) groups is 4. The van der Waals surface area contributed by atoms with Gasteiger partial charge in [-0.15, -0.1) is 0 Å². The summed E-state index contributed by atoms with van der Waals surface area (Å²) in [6.07, 6.45) is 1.03. The SMILES string of the molecule is CCC[C@H]1C(=O)N[C@@H](Cc2ccc(Cl)c(Cl)c2)C(=O)Nc2ccccc2CC(=O)N(Cc2ccc(C)c(Cl)c2)CC(=O)N1C. The molecule has 4 rings (SSSR count). The molecule has 3 aromatic carbocycles. The molecule has 44 heavy (non-hydrogen) atoms. The molecule has 3 aromatic rings. The third-order valence-corrected chi connectivity index (χ3v) is 8.83. The Morgan fingerprint density at radius 3 is 2.25 bits per heavy atom. The highest BCUT2D eigenvalue weighted by Gasteiger charge is 2.32. The molecule has 0 saturated carbocycles. The summed E-state index contributed by atoms with van der Waals surface area (Å²) >= 11 is 18.7. The van der Waals surface area contributed by atoms with Crippen LogP contribution in [-0.2, 0) is 38.6 Å². The Morgan fingerprint density at radius 1 is 0.841 bits per heavy atom. The van der Waals surface area contributed by atoms with Gasteiger partial charge < -0.3 is 20.4 Å². The molecule has 0 bridgehead atoms. The quantitative estimate of drug-likeness (QED) is 0.349. The summed E-state index contributed by atoms with van der Waals surface area (Å²) in [4.78, 5) is 57.7. The number of hydrogen-bond acceptors (Lipinski definition) is 4. The van der Waals surface area contributed by atoms with Crippen LogP contribution in [0.15, 0.2) is 60.7 Å². The summed E-state index contributed by atoms with van der Waals surface area (Å²) in [5.74, 6) is -1.67. The first-order valence-corrected chi connectivity index (χ1v) is 15.5. The van der Waals surface area contributed by atoms with Crippen LogP contribution >= 0.6 is 34.8 Å². The second kappa shape index (κ2) is 14.9. The molecule has 1 heterocycles. The number of rotatable bonds is 6. The fourth-order valence-electron chi connectivity index (χ4n) is 5.08. The minimum atomic E-state index is -1.00. The van der Waals surface area contributed by atoms with Crippen molar-refractivity contribution in [1.82, 2.24) is 15.1 Å². The van der Waals surface area contributed by atoms with Crippen molar-refractivity contribution in [3.8, 4) is 0 Å². The molecule has 0 saturated heterocycles. The first-order valence-electron chi connectivity index (χ1n) is 14.4. The molecular weight excluding hydrogens is 623 g/mol. The van der Waals surface area contributed by atoms with Gasteiger partial charge in [0.1, 0.15) is 18.6 Å².